The van der Waals surface area contributed by atoms with E-state index in [-0.39, 0.29) is 22.9 Å². The Morgan fingerprint density at radius 2 is 1.17 bits per heavy atom. The molecule has 0 saturated carbocycles. The first-order valence-electron chi connectivity index (χ1n) is 7.44. The molecule has 0 amide bonds. The average molecular weight is 346 g/mol. The molecule has 1 heterocycles. The lowest BCUT2D eigenvalue weighted by Gasteiger charge is -2.28. The van der Waals surface area contributed by atoms with Crippen LogP contribution < -0.4 is 5.46 Å². The van der Waals surface area contributed by atoms with Crippen LogP contribution in [0.2, 0.25) is 0 Å². The minimum absolute atomic E-state index is 0.0167. The van der Waals surface area contributed by atoms with Crippen molar-refractivity contribution >= 4 is 12.2 Å². The van der Waals surface area contributed by atoms with Gasteiger partial charge < -0.3 is 0 Å². The number of halogens is 6. The van der Waals surface area contributed by atoms with Gasteiger partial charge in [0.25, 0.3) is 0 Å². The number of benzene rings is 1. The summed E-state index contributed by atoms with van der Waals surface area (Å²) < 4.78 is 77.5. The summed E-state index contributed by atoms with van der Waals surface area (Å²) in [5.41, 5.74) is -2.65. The van der Waals surface area contributed by atoms with Crippen molar-refractivity contribution in [3.8, 4) is 0 Å². The molecule has 1 aromatic carbocycles. The van der Waals surface area contributed by atoms with E-state index in [0.717, 1.165) is 12.1 Å². The van der Waals surface area contributed by atoms with Gasteiger partial charge >= 0.3 is 12.4 Å². The molecule has 0 saturated heterocycles. The Kier molecular flexibility index (Phi) is 4.68. The van der Waals surface area contributed by atoms with Crippen LogP contribution in [0.1, 0.15) is 31.9 Å². The molecule has 0 unspecified atom stereocenters. The van der Waals surface area contributed by atoms with Crippen LogP contribution in [0.25, 0.3) is 0 Å². The van der Waals surface area contributed by atoms with E-state index >= 15 is 0 Å². The van der Waals surface area contributed by atoms with Crippen molar-refractivity contribution < 1.29 is 26.3 Å². The van der Waals surface area contributed by atoms with Gasteiger partial charge in [-0.15, -0.1) is 12.0 Å². The summed E-state index contributed by atoms with van der Waals surface area (Å²) in [5.74, 6) is 3.40. The van der Waals surface area contributed by atoms with Gasteiger partial charge in [-0.1, -0.05) is 50.5 Å². The van der Waals surface area contributed by atoms with Crippen molar-refractivity contribution in [1.82, 2.24) is 0 Å². The second-order valence-electron chi connectivity index (χ2n) is 7.03. The zero-order valence-electron chi connectivity index (χ0n) is 13.5. The maximum atomic E-state index is 12.9. The largest absolute Gasteiger partial charge is 0.416 e. The summed E-state index contributed by atoms with van der Waals surface area (Å²) in [7, 11) is 0. The summed E-state index contributed by atoms with van der Waals surface area (Å²) in [6, 6.07) is 1.72. The van der Waals surface area contributed by atoms with Gasteiger partial charge in [0.05, 0.1) is 11.1 Å². The summed E-state index contributed by atoms with van der Waals surface area (Å²) in [6.45, 7) is 5.43. The molecule has 0 bridgehead atoms. The van der Waals surface area contributed by atoms with Crippen molar-refractivity contribution in [2.75, 3.05) is 0 Å². The fraction of sp³-hybridized carbons (Fsp3) is 0.412. The van der Waals surface area contributed by atoms with Gasteiger partial charge in [0.15, 0.2) is 0 Å². The molecule has 0 aromatic heterocycles. The number of allylic oxidation sites excluding steroid dienone is 2. The van der Waals surface area contributed by atoms with Gasteiger partial charge in [0.2, 0.25) is 6.71 Å². The highest BCUT2D eigenvalue weighted by molar-refractivity contribution is 6.82. The molecule has 0 aliphatic carbocycles. The monoisotopic (exact) mass is 346 g/mol. The standard InChI is InChI=1S/C17H17BF6/c1-15(2,3)11-4-6-18(7-5-11)14-9-12(16(19,20)21)8-13(10-14)17(22,23)24/h4-11H,1-3H3. The predicted octanol–water partition coefficient (Wildman–Crippen LogP) is 5.29. The van der Waals surface area contributed by atoms with E-state index in [4.69, 9.17) is 0 Å². The number of hydrogen-bond acceptors (Lipinski definition) is 0. The molecule has 1 aliphatic heterocycles. The van der Waals surface area contributed by atoms with Crippen molar-refractivity contribution in [2.24, 2.45) is 11.3 Å². The van der Waals surface area contributed by atoms with Crippen LogP contribution in [0.3, 0.4) is 0 Å². The third-order valence-electron chi connectivity index (χ3n) is 4.05. The lowest BCUT2D eigenvalue weighted by Crippen LogP contribution is -2.32. The molecule has 0 spiro atoms. The first-order chi connectivity index (χ1) is 10.8. The maximum absolute atomic E-state index is 12.9. The van der Waals surface area contributed by atoms with E-state index in [1.54, 1.807) is 12.0 Å². The Balaban J connectivity index is 2.43. The van der Waals surface area contributed by atoms with Crippen molar-refractivity contribution in [1.29, 1.82) is 0 Å². The maximum Gasteiger partial charge on any atom is 0.416 e. The number of alkyl halides is 6. The van der Waals surface area contributed by atoms with Gasteiger partial charge in [0, 0.05) is 0 Å². The molecule has 0 fully saturated rings. The lowest BCUT2D eigenvalue weighted by molar-refractivity contribution is -0.142. The Bertz CT molecular complexity index is 615. The van der Waals surface area contributed by atoms with Crippen LogP contribution >= 0.6 is 0 Å². The quantitative estimate of drug-likeness (QED) is 0.479. The highest BCUT2D eigenvalue weighted by Crippen LogP contribution is 2.35. The molecular weight excluding hydrogens is 329 g/mol. The zero-order chi connectivity index (χ0) is 18.3. The molecule has 130 valence electrons. The first kappa shape index (κ1) is 18.7. The fourth-order valence-corrected chi connectivity index (χ4v) is 2.58. The van der Waals surface area contributed by atoms with E-state index in [0.29, 0.717) is 0 Å². The van der Waals surface area contributed by atoms with E-state index in [1.807, 2.05) is 32.9 Å². The molecular formula is C17H17BF6. The lowest BCUT2D eigenvalue weighted by atomic mass is 9.42. The topological polar surface area (TPSA) is 0 Å². The third-order valence-corrected chi connectivity index (χ3v) is 4.05. The van der Waals surface area contributed by atoms with Crippen molar-refractivity contribution in [2.45, 2.75) is 33.1 Å². The van der Waals surface area contributed by atoms with Gasteiger partial charge in [-0.05, 0) is 17.4 Å². The molecule has 24 heavy (non-hydrogen) atoms. The van der Waals surface area contributed by atoms with Crippen LogP contribution in [-0.4, -0.2) is 6.71 Å². The van der Waals surface area contributed by atoms with Crippen molar-refractivity contribution in [3.63, 3.8) is 0 Å². The molecule has 0 N–H and O–H groups in total. The molecule has 1 aliphatic rings. The smallest absolute Gasteiger partial charge is 0.166 e. The van der Waals surface area contributed by atoms with Crippen LogP contribution in [0.5, 0.6) is 0 Å². The molecule has 2 rings (SSSR count). The van der Waals surface area contributed by atoms with E-state index in [2.05, 4.69) is 0 Å². The van der Waals surface area contributed by atoms with E-state index in [9.17, 15) is 26.3 Å². The Hall–Kier alpha value is -1.66. The SMILES string of the molecule is CC(C)(C)C1C=CB(c2cc(C(F)(F)F)cc(C(F)(F)F)c2)C=C1. The molecule has 0 nitrogen and oxygen atoms in total. The van der Waals surface area contributed by atoms with Gasteiger partial charge in [-0.2, -0.15) is 26.3 Å². The van der Waals surface area contributed by atoms with Crippen LogP contribution in [-0.2, 0) is 12.4 Å². The van der Waals surface area contributed by atoms with E-state index in [1.165, 1.54) is 0 Å². The minimum atomic E-state index is -4.83. The van der Waals surface area contributed by atoms with Crippen LogP contribution in [0.15, 0.2) is 42.3 Å². The number of hydrogen-bond donors (Lipinski definition) is 0. The Morgan fingerprint density at radius 1 is 0.750 bits per heavy atom. The second kappa shape index (κ2) is 6.01. The van der Waals surface area contributed by atoms with Crippen LogP contribution in [0, 0.1) is 11.3 Å². The summed E-state index contributed by atoms with van der Waals surface area (Å²) >= 11 is 0. The second-order valence-corrected chi connectivity index (χ2v) is 7.03. The highest BCUT2D eigenvalue weighted by Gasteiger charge is 2.37. The van der Waals surface area contributed by atoms with Crippen LogP contribution in [0.4, 0.5) is 26.3 Å². The summed E-state index contributed by atoms with van der Waals surface area (Å²) in [6.07, 6.45) is -5.99. The molecule has 0 atom stereocenters. The summed E-state index contributed by atoms with van der Waals surface area (Å²) in [5, 5.41) is 0. The molecule has 1 aromatic rings. The number of rotatable bonds is 1. The van der Waals surface area contributed by atoms with Gasteiger partial charge in [-0.3, -0.25) is 0 Å². The van der Waals surface area contributed by atoms with E-state index < -0.39 is 30.2 Å². The Morgan fingerprint density at radius 3 is 1.50 bits per heavy atom. The predicted molar refractivity (Wildman–Crippen MR) is 83.1 cm³/mol. The summed E-state index contributed by atoms with van der Waals surface area (Å²) in [4.78, 5) is 0. The molecule has 0 radical (unpaired) electrons. The minimum Gasteiger partial charge on any atom is -0.166 e. The zero-order valence-corrected chi connectivity index (χ0v) is 13.5. The Labute approximate surface area is 137 Å². The highest BCUT2D eigenvalue weighted by atomic mass is 19.4. The molecule has 7 heteroatoms. The fourth-order valence-electron chi connectivity index (χ4n) is 2.58. The van der Waals surface area contributed by atoms with Gasteiger partial charge in [0.1, 0.15) is 0 Å². The van der Waals surface area contributed by atoms with Gasteiger partial charge in [-0.25, -0.2) is 0 Å². The third kappa shape index (κ3) is 4.25. The van der Waals surface area contributed by atoms with Crippen molar-refractivity contribution in [3.05, 3.63) is 53.4 Å². The first-order valence-corrected chi connectivity index (χ1v) is 7.44. The average Bonchev–Trinajstić information content (AvgIpc) is 2.44. The normalized spacial score (nSPS) is 16.8.